The van der Waals surface area contributed by atoms with E-state index in [1.807, 2.05) is 72.9 Å². The Labute approximate surface area is 461 Å². The summed E-state index contributed by atoms with van der Waals surface area (Å²) in [7, 11) is -9.23. The van der Waals surface area contributed by atoms with Crippen molar-refractivity contribution in [1.29, 1.82) is 0 Å². The Kier molecular flexibility index (Phi) is 19.8. The monoisotopic (exact) mass is 1150 g/mol. The van der Waals surface area contributed by atoms with Crippen molar-refractivity contribution in [1.82, 2.24) is 24.3 Å². The average molecular weight is 1150 g/mol. The molecular formula is C55H71ClF3N7O8S3. The van der Waals surface area contributed by atoms with Crippen LogP contribution in [-0.2, 0) is 24.6 Å². The van der Waals surface area contributed by atoms with Gasteiger partial charge in [-0.3, -0.25) is 14.6 Å². The normalized spacial score (nSPS) is 18.8. The fourth-order valence-corrected chi connectivity index (χ4v) is 13.1. The molecular weight excluding hydrogens is 1080 g/mol. The molecule has 2 amide bonds. The summed E-state index contributed by atoms with van der Waals surface area (Å²) in [6.45, 7) is 16.0. The number of thioether (sulfide) groups is 1. The van der Waals surface area contributed by atoms with Crippen molar-refractivity contribution in [2.75, 3.05) is 108 Å². The molecule has 0 bridgehead atoms. The lowest BCUT2D eigenvalue weighted by molar-refractivity contribution is -0.0436. The Bertz CT molecular complexity index is 2920. The van der Waals surface area contributed by atoms with Crippen molar-refractivity contribution < 1.29 is 49.4 Å². The molecule has 2 aliphatic heterocycles. The first-order valence-corrected chi connectivity index (χ1v) is 30.2. The third-order valence-electron chi connectivity index (χ3n) is 14.1. The van der Waals surface area contributed by atoms with Crippen LogP contribution < -0.4 is 14.9 Å². The first-order chi connectivity index (χ1) is 36.3. The molecule has 3 aliphatic rings. The number of likely N-dealkylation sites (N-methyl/N-ethyl adjacent to an activating group) is 1. The number of nitrogens with one attached hydrogen (secondary N) is 2. The maximum absolute atomic E-state index is 14.2. The molecule has 0 spiro atoms. The molecule has 4 aromatic carbocycles. The van der Waals surface area contributed by atoms with Crippen molar-refractivity contribution >= 4 is 72.2 Å². The molecule has 2 atom stereocenters. The third kappa shape index (κ3) is 16.4. The first kappa shape index (κ1) is 59.8. The highest BCUT2D eigenvalue weighted by Crippen LogP contribution is 2.44. The van der Waals surface area contributed by atoms with Crippen LogP contribution in [0.1, 0.15) is 69.3 Å². The zero-order valence-electron chi connectivity index (χ0n) is 44.3. The van der Waals surface area contributed by atoms with Crippen molar-refractivity contribution in [2.45, 2.75) is 85.2 Å². The molecule has 2 heterocycles. The molecule has 1 unspecified atom stereocenters. The van der Waals surface area contributed by atoms with Gasteiger partial charge in [0.2, 0.25) is 0 Å². The molecule has 22 heteroatoms. The minimum Gasteiger partial charge on any atom is -0.444 e. The van der Waals surface area contributed by atoms with Gasteiger partial charge < -0.3 is 29.9 Å². The lowest BCUT2D eigenvalue weighted by Gasteiger charge is -2.44. The number of ether oxygens (including phenoxy) is 1. The summed E-state index contributed by atoms with van der Waals surface area (Å²) in [5.74, 6) is -0.749. The number of amides is 2. The second kappa shape index (κ2) is 25.5. The second-order valence-corrected chi connectivity index (χ2v) is 26.6. The van der Waals surface area contributed by atoms with Gasteiger partial charge in [0.25, 0.3) is 25.8 Å². The number of carbonyl (C=O) groups excluding carboxylic acids is 2. The summed E-state index contributed by atoms with van der Waals surface area (Å²) in [4.78, 5) is 35.7. The number of allylic oxidation sites excluding steroid dienone is 1. The summed E-state index contributed by atoms with van der Waals surface area (Å²) in [6.07, 6.45) is 2.94. The van der Waals surface area contributed by atoms with E-state index in [0.717, 1.165) is 81.2 Å². The number of halogens is 4. The fraction of sp³-hybridized carbons (Fsp3) is 0.491. The van der Waals surface area contributed by atoms with Crippen LogP contribution in [0.3, 0.4) is 0 Å². The van der Waals surface area contributed by atoms with Crippen LogP contribution in [0.5, 0.6) is 0 Å². The van der Waals surface area contributed by atoms with E-state index in [-0.39, 0.29) is 23.7 Å². The molecule has 2 saturated heterocycles. The zero-order valence-corrected chi connectivity index (χ0v) is 47.5. The van der Waals surface area contributed by atoms with Crippen LogP contribution in [0.15, 0.2) is 117 Å². The highest BCUT2D eigenvalue weighted by atomic mass is 35.5. The number of rotatable bonds is 20. The van der Waals surface area contributed by atoms with Crippen molar-refractivity contribution in [3.8, 4) is 0 Å². The highest BCUT2D eigenvalue weighted by Gasteiger charge is 2.48. The van der Waals surface area contributed by atoms with Gasteiger partial charge in [-0.1, -0.05) is 54.4 Å². The predicted molar refractivity (Wildman–Crippen MR) is 298 cm³/mol. The number of sulfone groups is 1. The number of carbonyl (C=O) groups is 2. The number of aliphatic hydroxyl groups is 1. The number of hydrogen-bond donors (Lipinski definition) is 3. The standard InChI is InChI=1S/C55H71ClF3N7O8S3/c1-53(2,3)74-52(69)66-31-27-64(28-32-66)39-54(4)23-21-48(40-11-15-43(56)16-12-40)42(36-54)37-63-25-29-65(30-26-63)45-17-13-41(14-18-45)51(68)61-77(72,73)47-19-20-49(50(35-47)76(70,71)55(57,58)59)60-44(22-24-62(5)33-34-67)38-75-46-9-7-6-8-10-46/h6-20,35,44,60,67H,21-34,36-39H2,1-5H3,(H,61,68)/t44?,54-/m1/s1. The van der Waals surface area contributed by atoms with Gasteiger partial charge in [0, 0.05) is 105 Å². The van der Waals surface area contributed by atoms with E-state index < -0.39 is 58.4 Å². The Balaban J connectivity index is 0.989. The number of hydrogen-bond acceptors (Lipinski definition) is 14. The lowest BCUT2D eigenvalue weighted by Crippen LogP contribution is -2.52. The summed E-state index contributed by atoms with van der Waals surface area (Å²) < 4.78 is 104. The molecule has 15 nitrogen and oxygen atoms in total. The maximum atomic E-state index is 14.2. The van der Waals surface area contributed by atoms with Crippen molar-refractivity contribution in [3.05, 3.63) is 119 Å². The summed E-state index contributed by atoms with van der Waals surface area (Å²) in [5, 5.41) is 13.0. The molecule has 2 fully saturated rings. The Hall–Kier alpha value is -4.87. The number of alkyl halides is 3. The number of sulfonamides is 1. The van der Waals surface area contributed by atoms with E-state index >= 15 is 0 Å². The van der Waals surface area contributed by atoms with Crippen molar-refractivity contribution in [3.63, 3.8) is 0 Å². The number of nitrogens with zero attached hydrogens (tertiary/aromatic N) is 5. The third-order valence-corrected chi connectivity index (χ3v) is 18.4. The van der Waals surface area contributed by atoms with E-state index in [2.05, 4.69) is 39.1 Å². The van der Waals surface area contributed by atoms with Crippen LogP contribution in [0.4, 0.5) is 29.3 Å². The smallest absolute Gasteiger partial charge is 0.444 e. The van der Waals surface area contributed by atoms with E-state index in [9.17, 15) is 44.7 Å². The minimum absolute atomic E-state index is 0.0268. The van der Waals surface area contributed by atoms with E-state index in [0.29, 0.717) is 62.5 Å². The van der Waals surface area contributed by atoms with Crippen LogP contribution in [-0.4, -0.2) is 169 Å². The molecule has 7 rings (SSSR count). The predicted octanol–water partition coefficient (Wildman–Crippen LogP) is 8.96. The van der Waals surface area contributed by atoms with Crippen molar-refractivity contribution in [2.24, 2.45) is 5.41 Å². The summed E-state index contributed by atoms with van der Waals surface area (Å²) >= 11 is 7.71. The van der Waals surface area contributed by atoms with Gasteiger partial charge >= 0.3 is 11.6 Å². The molecule has 420 valence electrons. The molecule has 0 radical (unpaired) electrons. The second-order valence-electron chi connectivity index (χ2n) is 21.5. The molecule has 4 aromatic rings. The summed E-state index contributed by atoms with van der Waals surface area (Å²) in [5.41, 5.74) is -2.05. The Morgan fingerprint density at radius 3 is 2.13 bits per heavy atom. The van der Waals surface area contributed by atoms with Gasteiger partial charge in [-0.25, -0.2) is 26.4 Å². The molecule has 0 saturated carbocycles. The minimum atomic E-state index is -6.10. The van der Waals surface area contributed by atoms with E-state index in [4.69, 9.17) is 16.3 Å². The Morgan fingerprint density at radius 2 is 1.51 bits per heavy atom. The first-order valence-electron chi connectivity index (χ1n) is 25.8. The van der Waals surface area contributed by atoms with Crippen LogP contribution in [0, 0.1) is 5.41 Å². The summed E-state index contributed by atoms with van der Waals surface area (Å²) in [6, 6.07) is 25.4. The van der Waals surface area contributed by atoms with E-state index in [1.165, 1.54) is 40.6 Å². The molecule has 0 aromatic heterocycles. The van der Waals surface area contributed by atoms with Gasteiger partial charge in [-0.15, -0.1) is 11.8 Å². The van der Waals surface area contributed by atoms with Gasteiger partial charge in [-0.05, 0) is 143 Å². The van der Waals surface area contributed by atoms with Crippen LogP contribution >= 0.6 is 23.4 Å². The highest BCUT2D eigenvalue weighted by molar-refractivity contribution is 7.99. The number of aliphatic hydroxyl groups excluding tert-OH is 1. The van der Waals surface area contributed by atoms with Gasteiger partial charge in [0.1, 0.15) is 10.5 Å². The van der Waals surface area contributed by atoms with E-state index in [1.54, 1.807) is 24.1 Å². The Morgan fingerprint density at radius 1 is 0.857 bits per heavy atom. The number of benzene rings is 4. The quantitative estimate of drug-likeness (QED) is 0.0717. The van der Waals surface area contributed by atoms with Gasteiger partial charge in [-0.2, -0.15) is 13.2 Å². The lowest BCUT2D eigenvalue weighted by atomic mass is 9.71. The SMILES string of the molecule is CN(CCO)CCC(CSc1ccccc1)Nc1ccc(S(=O)(=O)NC(=O)c2ccc(N3CCN(CC4=C(c5ccc(Cl)cc5)CC[C@@](C)(CN5CCN(C(=O)OC(C)(C)C)CC5)C4)CC3)cc2)cc1S(=O)(=O)C(F)(F)F. The molecule has 77 heavy (non-hydrogen) atoms. The zero-order chi connectivity index (χ0) is 55.8. The van der Waals surface area contributed by atoms with Crippen LogP contribution in [0.2, 0.25) is 5.02 Å². The average Bonchev–Trinajstić information content (AvgIpc) is 3.39. The maximum Gasteiger partial charge on any atom is 0.501 e. The fourth-order valence-electron chi connectivity index (χ4n) is 9.98. The number of piperazine rings is 2. The largest absolute Gasteiger partial charge is 0.501 e. The van der Waals surface area contributed by atoms with Crippen LogP contribution in [0.25, 0.3) is 5.57 Å². The van der Waals surface area contributed by atoms with Gasteiger partial charge in [0.05, 0.1) is 17.2 Å². The molecule has 3 N–H and O–H groups in total. The van der Waals surface area contributed by atoms with Gasteiger partial charge in [0.15, 0.2) is 0 Å². The molecule has 1 aliphatic carbocycles. The number of anilines is 2. The topological polar surface area (TPSA) is 172 Å².